The van der Waals surface area contributed by atoms with Crippen molar-refractivity contribution in [3.05, 3.63) is 81.8 Å². The number of aliphatic hydroxyl groups excluding tert-OH is 1. The van der Waals surface area contributed by atoms with Gasteiger partial charge in [-0.1, -0.05) is 18.2 Å². The van der Waals surface area contributed by atoms with Crippen LogP contribution in [0.3, 0.4) is 0 Å². The molecule has 1 atom stereocenters. The molecule has 33 heavy (non-hydrogen) atoms. The van der Waals surface area contributed by atoms with Crippen LogP contribution in [0.4, 0.5) is 5.69 Å². The van der Waals surface area contributed by atoms with Gasteiger partial charge in [0, 0.05) is 11.8 Å². The summed E-state index contributed by atoms with van der Waals surface area (Å²) in [5.74, 6) is -0.686. The zero-order valence-electron chi connectivity index (χ0n) is 18.1. The lowest BCUT2D eigenvalue weighted by atomic mass is 9.95. The molecule has 7 nitrogen and oxygen atoms in total. The Morgan fingerprint density at radius 3 is 2.33 bits per heavy atom. The van der Waals surface area contributed by atoms with Crippen LogP contribution in [-0.2, 0) is 4.79 Å². The maximum atomic E-state index is 13.3. The van der Waals surface area contributed by atoms with Crippen molar-refractivity contribution >= 4 is 28.7 Å². The highest BCUT2D eigenvalue weighted by Gasteiger charge is 2.45. The molecule has 0 fully saturated rings. The average molecular weight is 466 g/mol. The lowest BCUT2D eigenvalue weighted by Crippen LogP contribution is -2.31. The number of carbonyl (C=O) groups excluding carboxylic acids is 2. The Hall–Kier alpha value is -3.78. The summed E-state index contributed by atoms with van der Waals surface area (Å²) in [4.78, 5) is 28.4. The Morgan fingerprint density at radius 2 is 1.70 bits per heavy atom. The summed E-state index contributed by atoms with van der Waals surface area (Å²) in [7, 11) is 0. The minimum absolute atomic E-state index is 0.0139. The van der Waals surface area contributed by atoms with Crippen LogP contribution in [-0.4, -0.2) is 35.1 Å². The lowest BCUT2D eigenvalue weighted by molar-refractivity contribution is -0.117. The molecular weight excluding hydrogens is 442 g/mol. The van der Waals surface area contributed by atoms with Crippen LogP contribution in [0.1, 0.15) is 35.1 Å². The quantitative estimate of drug-likeness (QED) is 0.453. The number of thiophene rings is 1. The van der Waals surface area contributed by atoms with E-state index in [0.29, 0.717) is 40.8 Å². The van der Waals surface area contributed by atoms with Gasteiger partial charge in [-0.3, -0.25) is 14.5 Å². The highest BCUT2D eigenvalue weighted by atomic mass is 32.1. The highest BCUT2D eigenvalue weighted by Crippen LogP contribution is 2.44. The molecule has 0 saturated carbocycles. The molecule has 0 saturated heterocycles. The van der Waals surface area contributed by atoms with E-state index in [1.807, 2.05) is 13.8 Å². The van der Waals surface area contributed by atoms with E-state index in [-0.39, 0.29) is 11.3 Å². The molecule has 0 bridgehead atoms. The van der Waals surface area contributed by atoms with Crippen LogP contribution >= 0.6 is 11.3 Å². The van der Waals surface area contributed by atoms with Crippen LogP contribution in [0.25, 0.3) is 0 Å². The Kier molecular flexibility index (Phi) is 6.37. The largest absolute Gasteiger partial charge is 0.508 e. The number of phenolic OH excluding ortho intramolecular Hbond substituents is 1. The lowest BCUT2D eigenvalue weighted by Gasteiger charge is -2.27. The monoisotopic (exact) mass is 465 g/mol. The smallest absolute Gasteiger partial charge is 0.294 e. The van der Waals surface area contributed by atoms with Gasteiger partial charge in [-0.15, -0.1) is 11.3 Å². The number of hydrogen-bond donors (Lipinski definition) is 2. The number of rotatable bonds is 8. The number of benzene rings is 2. The van der Waals surface area contributed by atoms with E-state index in [1.54, 1.807) is 47.8 Å². The van der Waals surface area contributed by atoms with E-state index in [9.17, 15) is 19.8 Å². The third kappa shape index (κ3) is 4.17. The second kappa shape index (κ2) is 9.38. The molecule has 170 valence electrons. The van der Waals surface area contributed by atoms with Gasteiger partial charge in [-0.2, -0.15) is 0 Å². The van der Waals surface area contributed by atoms with Crippen molar-refractivity contribution < 1.29 is 29.3 Å². The van der Waals surface area contributed by atoms with Crippen LogP contribution < -0.4 is 14.4 Å². The van der Waals surface area contributed by atoms with E-state index in [4.69, 9.17) is 9.47 Å². The minimum atomic E-state index is -0.889. The predicted octanol–water partition coefficient (Wildman–Crippen LogP) is 5.03. The fourth-order valence-corrected chi connectivity index (χ4v) is 4.48. The second-order valence-corrected chi connectivity index (χ2v) is 8.18. The van der Waals surface area contributed by atoms with Gasteiger partial charge in [0.15, 0.2) is 17.3 Å². The van der Waals surface area contributed by atoms with Crippen molar-refractivity contribution in [3.8, 4) is 17.2 Å². The van der Waals surface area contributed by atoms with Gasteiger partial charge >= 0.3 is 0 Å². The second-order valence-electron chi connectivity index (χ2n) is 7.23. The zero-order chi connectivity index (χ0) is 23.5. The number of ketones is 1. The Bertz CT molecular complexity index is 1200. The number of aliphatic hydroxyl groups is 1. The summed E-state index contributed by atoms with van der Waals surface area (Å²) < 4.78 is 11.3. The first-order valence-corrected chi connectivity index (χ1v) is 11.4. The topological polar surface area (TPSA) is 96.3 Å². The molecule has 8 heteroatoms. The molecule has 1 amide bonds. The third-order valence-corrected chi connectivity index (χ3v) is 6.08. The van der Waals surface area contributed by atoms with Gasteiger partial charge in [0.25, 0.3) is 5.91 Å². The maximum Gasteiger partial charge on any atom is 0.294 e. The van der Waals surface area contributed by atoms with Gasteiger partial charge in [-0.05, 0) is 55.1 Å². The summed E-state index contributed by atoms with van der Waals surface area (Å²) in [6, 6.07) is 13.7. The average Bonchev–Trinajstić information content (AvgIpc) is 3.43. The molecule has 2 aromatic carbocycles. The van der Waals surface area contributed by atoms with Crippen LogP contribution in [0.15, 0.2) is 71.3 Å². The molecule has 2 heterocycles. The van der Waals surface area contributed by atoms with Gasteiger partial charge in [0.05, 0.1) is 29.7 Å². The first-order chi connectivity index (χ1) is 16.0. The zero-order valence-corrected chi connectivity index (χ0v) is 19.0. The molecule has 1 aromatic heterocycles. The summed E-state index contributed by atoms with van der Waals surface area (Å²) in [5.41, 5.74) is 0.988. The maximum absolute atomic E-state index is 13.3. The minimum Gasteiger partial charge on any atom is -0.508 e. The van der Waals surface area contributed by atoms with Gasteiger partial charge < -0.3 is 19.7 Å². The van der Waals surface area contributed by atoms with E-state index < -0.39 is 23.5 Å². The number of ether oxygens (including phenoxy) is 2. The van der Waals surface area contributed by atoms with Crippen molar-refractivity contribution in [1.29, 1.82) is 0 Å². The fourth-order valence-electron chi connectivity index (χ4n) is 3.81. The number of carbonyl (C=O) groups is 2. The Morgan fingerprint density at radius 1 is 1.00 bits per heavy atom. The van der Waals surface area contributed by atoms with Crippen molar-refractivity contribution in [1.82, 2.24) is 0 Å². The first kappa shape index (κ1) is 22.4. The fraction of sp³-hybridized carbons (Fsp3) is 0.200. The van der Waals surface area contributed by atoms with Gasteiger partial charge in [0.1, 0.15) is 5.75 Å². The van der Waals surface area contributed by atoms with Crippen LogP contribution in [0.5, 0.6) is 17.2 Å². The Labute approximate surface area is 195 Å². The number of anilines is 1. The number of Topliss-reactive ketones (excluding diaryl/α,β-unsaturated/α-hetero) is 1. The molecule has 1 aliphatic heterocycles. The molecule has 3 aromatic rings. The number of nitrogens with zero attached hydrogens (tertiary/aromatic N) is 1. The summed E-state index contributed by atoms with van der Waals surface area (Å²) in [6.07, 6.45) is 0. The van der Waals surface area contributed by atoms with Crippen LogP contribution in [0.2, 0.25) is 0 Å². The van der Waals surface area contributed by atoms with Crippen molar-refractivity contribution in [3.63, 3.8) is 0 Å². The molecule has 1 aliphatic rings. The Balaban J connectivity index is 1.85. The van der Waals surface area contributed by atoms with E-state index in [1.165, 1.54) is 28.4 Å². The van der Waals surface area contributed by atoms with Crippen molar-refractivity contribution in [2.45, 2.75) is 19.9 Å². The number of hydrogen-bond acceptors (Lipinski definition) is 7. The number of phenols is 1. The normalized spacial score (nSPS) is 15.8. The van der Waals surface area contributed by atoms with E-state index >= 15 is 0 Å². The molecule has 0 aliphatic carbocycles. The van der Waals surface area contributed by atoms with E-state index in [2.05, 4.69) is 0 Å². The third-order valence-electron chi connectivity index (χ3n) is 5.21. The molecule has 0 spiro atoms. The first-order valence-electron chi connectivity index (χ1n) is 10.5. The molecular formula is C25H23NO6S. The molecule has 2 N–H and O–H groups in total. The molecule has 1 unspecified atom stereocenters. The summed E-state index contributed by atoms with van der Waals surface area (Å²) in [6.45, 7) is 4.54. The van der Waals surface area contributed by atoms with Crippen molar-refractivity contribution in [2.75, 3.05) is 18.1 Å². The number of amides is 1. The highest BCUT2D eigenvalue weighted by molar-refractivity contribution is 7.12. The summed E-state index contributed by atoms with van der Waals surface area (Å²) in [5, 5.41) is 22.3. The standard InChI is InChI=1S/C25H23NO6S/c1-3-31-18-12-9-16(14-19(18)32-4-2)26-22(15-7-10-17(27)11-8-15)21(24(29)25(26)30)23(28)20-6-5-13-33-20/h5-14,22,27,29H,3-4H2,1-2H3. The van der Waals surface area contributed by atoms with E-state index in [0.717, 1.165) is 0 Å². The van der Waals surface area contributed by atoms with Gasteiger partial charge in [-0.25, -0.2) is 0 Å². The van der Waals surface area contributed by atoms with Gasteiger partial charge in [0.2, 0.25) is 5.78 Å². The molecule has 0 radical (unpaired) electrons. The number of aromatic hydroxyl groups is 1. The summed E-state index contributed by atoms with van der Waals surface area (Å²) >= 11 is 1.23. The molecule has 4 rings (SSSR count). The van der Waals surface area contributed by atoms with Crippen LogP contribution in [0, 0.1) is 0 Å². The van der Waals surface area contributed by atoms with Crippen molar-refractivity contribution in [2.24, 2.45) is 0 Å². The SMILES string of the molecule is CCOc1ccc(N2C(=O)C(O)=C(C(=O)c3cccs3)C2c2ccc(O)cc2)cc1OCC. The predicted molar refractivity (Wildman–Crippen MR) is 125 cm³/mol.